The van der Waals surface area contributed by atoms with Crippen LogP contribution in [0.2, 0.25) is 0 Å². The minimum atomic E-state index is -0.640. The first-order chi connectivity index (χ1) is 21.3. The standard InChI is InChI=1S/C17H19N3O5.C13H13N3O4/c1-17(2,3)25-16(21)14-9-12(7-8-19-14)24-11-5-6-13(18-4)15(10-11)20(22)23;1-14-12-3-2-10(7-13(12)16(18)19)20-11-4-5-15-9(6-11)8-17/h5-10,18H,1-4H3;2-7,14,17H,8H2,1H3. The van der Waals surface area contributed by atoms with Crippen molar-refractivity contribution in [2.75, 3.05) is 24.7 Å². The zero-order chi connectivity index (χ0) is 33.1. The highest BCUT2D eigenvalue weighted by atomic mass is 16.6. The number of nitrogens with zero attached hydrogens (tertiary/aromatic N) is 4. The molecule has 3 N–H and O–H groups in total. The van der Waals surface area contributed by atoms with Gasteiger partial charge in [-0.05, 0) is 57.2 Å². The molecule has 0 bridgehead atoms. The Morgan fingerprint density at radius 2 is 1.24 bits per heavy atom. The number of nitro benzene ring substituents is 2. The van der Waals surface area contributed by atoms with Crippen molar-refractivity contribution in [1.82, 2.24) is 9.97 Å². The Morgan fingerprint density at radius 1 is 0.778 bits per heavy atom. The van der Waals surface area contributed by atoms with E-state index in [4.69, 9.17) is 19.3 Å². The van der Waals surface area contributed by atoms with Crippen LogP contribution in [0, 0.1) is 20.2 Å². The van der Waals surface area contributed by atoms with Gasteiger partial charge in [0.25, 0.3) is 11.4 Å². The largest absolute Gasteiger partial charge is 0.457 e. The van der Waals surface area contributed by atoms with Crippen molar-refractivity contribution in [2.24, 2.45) is 0 Å². The first-order valence-electron chi connectivity index (χ1n) is 13.4. The van der Waals surface area contributed by atoms with Gasteiger partial charge >= 0.3 is 5.97 Å². The summed E-state index contributed by atoms with van der Waals surface area (Å²) >= 11 is 0. The summed E-state index contributed by atoms with van der Waals surface area (Å²) in [6.07, 6.45) is 2.90. The van der Waals surface area contributed by atoms with Crippen LogP contribution in [0.5, 0.6) is 23.0 Å². The molecule has 45 heavy (non-hydrogen) atoms. The highest BCUT2D eigenvalue weighted by molar-refractivity contribution is 5.87. The Balaban J connectivity index is 0.000000251. The van der Waals surface area contributed by atoms with E-state index in [9.17, 15) is 25.0 Å². The first kappa shape index (κ1) is 33.7. The fraction of sp³-hybridized carbons (Fsp3) is 0.233. The van der Waals surface area contributed by atoms with Crippen LogP contribution in [0.25, 0.3) is 0 Å². The number of pyridine rings is 2. The van der Waals surface area contributed by atoms with E-state index in [2.05, 4.69) is 20.6 Å². The SMILES string of the molecule is CNc1ccc(Oc2ccnc(C(=O)OC(C)(C)C)c2)cc1[N+](=O)[O-].CNc1ccc(Oc2ccnc(CO)c2)cc1[N+](=O)[O-]. The van der Waals surface area contributed by atoms with Crippen molar-refractivity contribution in [3.05, 3.63) is 105 Å². The number of carbonyl (C=O) groups is 1. The monoisotopic (exact) mass is 620 g/mol. The molecular formula is C30H32N6O9. The number of benzene rings is 2. The number of hydrogen-bond acceptors (Lipinski definition) is 13. The highest BCUT2D eigenvalue weighted by Crippen LogP contribution is 2.32. The third kappa shape index (κ3) is 9.86. The number of esters is 1. The molecule has 0 spiro atoms. The van der Waals surface area contributed by atoms with Crippen molar-refractivity contribution in [2.45, 2.75) is 33.0 Å². The van der Waals surface area contributed by atoms with Crippen LogP contribution in [-0.4, -0.2) is 50.6 Å². The number of aliphatic hydroxyl groups excluding tert-OH is 1. The molecule has 236 valence electrons. The molecule has 0 fully saturated rings. The highest BCUT2D eigenvalue weighted by Gasteiger charge is 2.20. The van der Waals surface area contributed by atoms with E-state index in [1.54, 1.807) is 77.3 Å². The summed E-state index contributed by atoms with van der Waals surface area (Å²) < 4.78 is 16.4. The number of nitrogens with one attached hydrogen (secondary N) is 2. The lowest BCUT2D eigenvalue weighted by Gasteiger charge is -2.19. The molecule has 0 aliphatic carbocycles. The van der Waals surface area contributed by atoms with E-state index in [1.807, 2.05) is 0 Å². The molecule has 0 unspecified atom stereocenters. The molecule has 15 nitrogen and oxygen atoms in total. The van der Waals surface area contributed by atoms with Gasteiger partial charge in [-0.1, -0.05) is 0 Å². The van der Waals surface area contributed by atoms with Gasteiger partial charge in [-0.3, -0.25) is 25.2 Å². The van der Waals surface area contributed by atoms with Crippen LogP contribution in [0.15, 0.2) is 73.1 Å². The topological polar surface area (TPSA) is 201 Å². The zero-order valence-electron chi connectivity index (χ0n) is 25.1. The average molecular weight is 621 g/mol. The Kier molecular flexibility index (Phi) is 11.3. The van der Waals surface area contributed by atoms with Crippen LogP contribution in [0.4, 0.5) is 22.7 Å². The van der Waals surface area contributed by atoms with Crippen LogP contribution in [0.3, 0.4) is 0 Å². The second-order valence-corrected chi connectivity index (χ2v) is 10.1. The minimum absolute atomic E-state index is 0.0681. The lowest BCUT2D eigenvalue weighted by molar-refractivity contribution is -0.384. The van der Waals surface area contributed by atoms with Crippen molar-refractivity contribution in [3.63, 3.8) is 0 Å². The maximum absolute atomic E-state index is 12.1. The van der Waals surface area contributed by atoms with Crippen molar-refractivity contribution in [1.29, 1.82) is 0 Å². The Hall–Kier alpha value is -5.83. The number of aliphatic hydroxyl groups is 1. The van der Waals surface area contributed by atoms with Gasteiger partial charge in [0.15, 0.2) is 5.69 Å². The zero-order valence-corrected chi connectivity index (χ0v) is 25.1. The third-order valence-electron chi connectivity index (χ3n) is 5.63. The molecule has 0 amide bonds. The second-order valence-electron chi connectivity index (χ2n) is 10.1. The second kappa shape index (κ2) is 15.1. The van der Waals surface area contributed by atoms with Crippen molar-refractivity contribution >= 4 is 28.7 Å². The van der Waals surface area contributed by atoms with Crippen LogP contribution < -0.4 is 20.1 Å². The molecule has 2 aromatic heterocycles. The summed E-state index contributed by atoms with van der Waals surface area (Å²) in [6.45, 7) is 5.07. The molecule has 0 radical (unpaired) electrons. The van der Waals surface area contributed by atoms with Gasteiger partial charge in [-0.25, -0.2) is 9.78 Å². The maximum Gasteiger partial charge on any atom is 0.357 e. The van der Waals surface area contributed by atoms with Crippen molar-refractivity contribution in [3.8, 4) is 23.0 Å². The van der Waals surface area contributed by atoms with Gasteiger partial charge in [0.2, 0.25) is 0 Å². The fourth-order valence-corrected chi connectivity index (χ4v) is 3.67. The van der Waals surface area contributed by atoms with E-state index in [1.165, 1.54) is 30.6 Å². The van der Waals surface area contributed by atoms with Gasteiger partial charge in [0.1, 0.15) is 40.0 Å². The van der Waals surface area contributed by atoms with Gasteiger partial charge < -0.3 is 30.0 Å². The van der Waals surface area contributed by atoms with E-state index >= 15 is 0 Å². The molecule has 2 aromatic carbocycles. The maximum atomic E-state index is 12.1. The summed E-state index contributed by atoms with van der Waals surface area (Å²) in [5.41, 5.74) is 0.522. The summed E-state index contributed by atoms with van der Waals surface area (Å²) in [5, 5.41) is 36.5. The smallest absolute Gasteiger partial charge is 0.357 e. The molecule has 0 aliphatic heterocycles. The molecule has 0 aliphatic rings. The van der Waals surface area contributed by atoms with Gasteiger partial charge in [0.05, 0.1) is 34.3 Å². The van der Waals surface area contributed by atoms with Crippen LogP contribution >= 0.6 is 0 Å². The molecule has 4 aromatic rings. The predicted molar refractivity (Wildman–Crippen MR) is 165 cm³/mol. The minimum Gasteiger partial charge on any atom is -0.457 e. The van der Waals surface area contributed by atoms with E-state index in [0.29, 0.717) is 34.3 Å². The molecule has 0 atom stereocenters. The first-order valence-corrected chi connectivity index (χ1v) is 13.4. The molecule has 0 saturated carbocycles. The van der Waals surface area contributed by atoms with E-state index < -0.39 is 21.4 Å². The number of carbonyl (C=O) groups excluding carboxylic acids is 1. The normalized spacial score (nSPS) is 10.5. The summed E-state index contributed by atoms with van der Waals surface area (Å²) in [6, 6.07) is 15.1. The summed E-state index contributed by atoms with van der Waals surface area (Å²) in [4.78, 5) is 41.0. The van der Waals surface area contributed by atoms with Crippen LogP contribution in [-0.2, 0) is 11.3 Å². The number of anilines is 2. The number of nitro groups is 2. The van der Waals surface area contributed by atoms with Gasteiger partial charge in [0, 0.05) is 38.6 Å². The third-order valence-corrected chi connectivity index (χ3v) is 5.63. The predicted octanol–water partition coefficient (Wildman–Crippen LogP) is 6.10. The molecular weight excluding hydrogens is 588 g/mol. The summed E-state index contributed by atoms with van der Waals surface area (Å²) in [7, 11) is 3.21. The number of aromatic nitrogens is 2. The lowest BCUT2D eigenvalue weighted by Crippen LogP contribution is -2.24. The Bertz CT molecular complexity index is 1670. The number of rotatable bonds is 10. The van der Waals surface area contributed by atoms with Gasteiger partial charge in [-0.15, -0.1) is 0 Å². The Labute approximate surface area is 258 Å². The quantitative estimate of drug-likeness (QED) is 0.104. The molecule has 0 saturated heterocycles. The molecule has 4 rings (SSSR count). The number of ether oxygens (including phenoxy) is 3. The average Bonchev–Trinajstić information content (AvgIpc) is 3.00. The molecule has 15 heteroatoms. The fourth-order valence-electron chi connectivity index (χ4n) is 3.67. The van der Waals surface area contributed by atoms with E-state index in [0.717, 1.165) is 0 Å². The van der Waals surface area contributed by atoms with Crippen LogP contribution in [0.1, 0.15) is 37.0 Å². The lowest BCUT2D eigenvalue weighted by atomic mass is 10.2. The number of hydrogen-bond donors (Lipinski definition) is 3. The summed E-state index contributed by atoms with van der Waals surface area (Å²) in [5.74, 6) is 0.810. The van der Waals surface area contributed by atoms with E-state index in [-0.39, 0.29) is 29.4 Å². The molecule has 2 heterocycles. The van der Waals surface area contributed by atoms with Crippen molar-refractivity contribution < 1.29 is 34.0 Å². The van der Waals surface area contributed by atoms with Gasteiger partial charge in [-0.2, -0.15) is 0 Å². The Morgan fingerprint density at radius 3 is 1.69 bits per heavy atom.